The van der Waals surface area contributed by atoms with E-state index in [0.717, 1.165) is 27.3 Å². The number of nitrogens with one attached hydrogen (secondary N) is 1. The molecule has 0 saturated carbocycles. The van der Waals surface area contributed by atoms with Crippen molar-refractivity contribution in [2.45, 2.75) is 39.8 Å². The van der Waals surface area contributed by atoms with Gasteiger partial charge in [-0.1, -0.05) is 42.8 Å². The van der Waals surface area contributed by atoms with Crippen molar-refractivity contribution in [2.24, 2.45) is 0 Å². The van der Waals surface area contributed by atoms with Gasteiger partial charge in [0.05, 0.1) is 11.9 Å². The Balaban J connectivity index is 2.46. The van der Waals surface area contributed by atoms with Crippen LogP contribution in [0.15, 0.2) is 42.5 Å². The Morgan fingerprint density at radius 1 is 1.09 bits per heavy atom. The van der Waals surface area contributed by atoms with Crippen molar-refractivity contribution in [3.8, 4) is 0 Å². The molecule has 0 unspecified atom stereocenters. The smallest absolute Gasteiger partial charge is 0.244 e. The van der Waals surface area contributed by atoms with Gasteiger partial charge < -0.3 is 10.2 Å². The fourth-order valence-electron chi connectivity index (χ4n) is 3.46. The summed E-state index contributed by atoms with van der Waals surface area (Å²) in [5.41, 5.74) is 2.83. The molecule has 0 aliphatic rings. The van der Waals surface area contributed by atoms with Crippen molar-refractivity contribution in [1.82, 2.24) is 10.2 Å². The lowest BCUT2D eigenvalue weighted by Gasteiger charge is -2.33. The molecule has 2 aromatic rings. The molecule has 0 saturated heterocycles. The first-order valence-electron chi connectivity index (χ1n) is 10.3. The first-order chi connectivity index (χ1) is 15.0. The molecule has 2 aromatic carbocycles. The number of nitrogens with zero attached hydrogens (tertiary/aromatic N) is 2. The largest absolute Gasteiger partial charge is 0.357 e. The van der Waals surface area contributed by atoms with Crippen molar-refractivity contribution < 1.29 is 18.0 Å². The fraction of sp³-hybridized carbons (Fsp3) is 0.391. The van der Waals surface area contributed by atoms with Crippen LogP contribution < -0.4 is 9.62 Å². The number of carbonyl (C=O) groups is 2. The number of anilines is 1. The van der Waals surface area contributed by atoms with E-state index in [0.29, 0.717) is 17.1 Å². The first kappa shape index (κ1) is 25.7. The van der Waals surface area contributed by atoms with Gasteiger partial charge in [-0.15, -0.1) is 0 Å². The zero-order valence-electron chi connectivity index (χ0n) is 19.1. The van der Waals surface area contributed by atoms with Gasteiger partial charge in [0.1, 0.15) is 12.6 Å². The van der Waals surface area contributed by atoms with Gasteiger partial charge in [0.15, 0.2) is 0 Å². The van der Waals surface area contributed by atoms with E-state index >= 15 is 0 Å². The highest BCUT2D eigenvalue weighted by Gasteiger charge is 2.31. The van der Waals surface area contributed by atoms with E-state index in [9.17, 15) is 18.0 Å². The Morgan fingerprint density at radius 2 is 1.72 bits per heavy atom. The van der Waals surface area contributed by atoms with Crippen LogP contribution in [0.1, 0.15) is 30.0 Å². The second-order valence-electron chi connectivity index (χ2n) is 7.75. The van der Waals surface area contributed by atoms with Crippen LogP contribution in [0.4, 0.5) is 5.69 Å². The minimum Gasteiger partial charge on any atom is -0.357 e. The van der Waals surface area contributed by atoms with Gasteiger partial charge in [0.25, 0.3) is 0 Å². The minimum absolute atomic E-state index is 0.145. The third kappa shape index (κ3) is 6.46. The summed E-state index contributed by atoms with van der Waals surface area (Å²) in [4.78, 5) is 27.4. The minimum atomic E-state index is -3.75. The summed E-state index contributed by atoms with van der Waals surface area (Å²) in [7, 11) is -2.25. The number of amides is 2. The molecule has 0 bridgehead atoms. The van der Waals surface area contributed by atoms with Crippen molar-refractivity contribution >= 4 is 39.1 Å². The lowest BCUT2D eigenvalue weighted by molar-refractivity contribution is -0.140. The van der Waals surface area contributed by atoms with Crippen LogP contribution in [0.25, 0.3) is 0 Å². The van der Waals surface area contributed by atoms with Crippen LogP contribution in [0.3, 0.4) is 0 Å². The molecule has 0 radical (unpaired) electrons. The second kappa shape index (κ2) is 10.8. The lowest BCUT2D eigenvalue weighted by Crippen LogP contribution is -2.51. The molecular formula is C23H30ClN3O4S. The second-order valence-corrected chi connectivity index (χ2v) is 10.1. The summed E-state index contributed by atoms with van der Waals surface area (Å²) < 4.78 is 26.4. The molecule has 2 amide bonds. The average molecular weight is 480 g/mol. The molecule has 2 rings (SSSR count). The Bertz CT molecular complexity index is 1070. The highest BCUT2D eigenvalue weighted by atomic mass is 35.5. The monoisotopic (exact) mass is 479 g/mol. The molecule has 0 spiro atoms. The Morgan fingerprint density at radius 3 is 2.25 bits per heavy atom. The van der Waals surface area contributed by atoms with Crippen molar-refractivity contribution in [1.29, 1.82) is 0 Å². The average Bonchev–Trinajstić information content (AvgIpc) is 2.73. The molecule has 0 aliphatic carbocycles. The molecule has 174 valence electrons. The van der Waals surface area contributed by atoms with Crippen molar-refractivity contribution in [3.05, 3.63) is 64.2 Å². The number of carbonyl (C=O) groups excluding carboxylic acids is 2. The Labute approximate surface area is 195 Å². The van der Waals surface area contributed by atoms with Gasteiger partial charge in [-0.2, -0.15) is 0 Å². The quantitative estimate of drug-likeness (QED) is 0.598. The number of sulfonamides is 1. The van der Waals surface area contributed by atoms with Crippen LogP contribution in [0, 0.1) is 13.8 Å². The van der Waals surface area contributed by atoms with Gasteiger partial charge in [-0.05, 0) is 55.2 Å². The Hall–Kier alpha value is -2.58. The predicted molar refractivity (Wildman–Crippen MR) is 128 cm³/mol. The lowest BCUT2D eigenvalue weighted by atomic mass is 10.1. The van der Waals surface area contributed by atoms with E-state index in [1.165, 1.54) is 11.9 Å². The third-order valence-electron chi connectivity index (χ3n) is 5.21. The molecule has 0 aliphatic heterocycles. The summed E-state index contributed by atoms with van der Waals surface area (Å²) >= 11 is 5.97. The van der Waals surface area contributed by atoms with E-state index in [-0.39, 0.29) is 12.5 Å². The van der Waals surface area contributed by atoms with Gasteiger partial charge in [-0.3, -0.25) is 13.9 Å². The predicted octanol–water partition coefficient (Wildman–Crippen LogP) is 3.28. The molecule has 32 heavy (non-hydrogen) atoms. The number of benzene rings is 2. The maximum absolute atomic E-state index is 13.5. The molecule has 0 fully saturated rings. The van der Waals surface area contributed by atoms with E-state index in [1.54, 1.807) is 44.2 Å². The summed E-state index contributed by atoms with van der Waals surface area (Å²) in [6, 6.07) is 11.7. The summed E-state index contributed by atoms with van der Waals surface area (Å²) in [6.45, 7) is 5.19. The van der Waals surface area contributed by atoms with Crippen molar-refractivity contribution in [3.63, 3.8) is 0 Å². The number of rotatable bonds is 9. The molecular weight excluding hydrogens is 450 g/mol. The maximum atomic E-state index is 13.5. The normalized spacial score (nSPS) is 12.2. The van der Waals surface area contributed by atoms with Gasteiger partial charge in [-0.25, -0.2) is 8.42 Å². The van der Waals surface area contributed by atoms with E-state index in [2.05, 4.69) is 5.32 Å². The van der Waals surface area contributed by atoms with E-state index < -0.39 is 28.5 Å². The van der Waals surface area contributed by atoms with Gasteiger partial charge >= 0.3 is 0 Å². The standard InChI is InChI=1S/C23H30ClN3O4S/c1-6-20(23(29)25-4)26(14-18-9-11-19(24)12-10-18)22(28)15-27(32(5,30)31)21-13-16(2)7-8-17(21)3/h7-13,20H,6,14-15H2,1-5H3,(H,25,29)/t20-/m0/s1. The molecule has 0 aromatic heterocycles. The number of hydrogen-bond acceptors (Lipinski definition) is 4. The SMILES string of the molecule is CC[C@@H](C(=O)NC)N(Cc1ccc(Cl)cc1)C(=O)CN(c1cc(C)ccc1C)S(C)(=O)=O. The van der Waals surface area contributed by atoms with Crippen LogP contribution in [-0.4, -0.2) is 51.0 Å². The third-order valence-corrected chi connectivity index (χ3v) is 6.59. The number of likely N-dealkylation sites (N-methyl/N-ethyl adjacent to an activating group) is 1. The Kier molecular flexibility index (Phi) is 8.69. The summed E-state index contributed by atoms with van der Waals surface area (Å²) in [5.74, 6) is -0.783. The molecule has 1 N–H and O–H groups in total. The maximum Gasteiger partial charge on any atom is 0.244 e. The molecule has 7 nitrogen and oxygen atoms in total. The molecule has 9 heteroatoms. The van der Waals surface area contributed by atoms with Crippen LogP contribution in [0.5, 0.6) is 0 Å². The van der Waals surface area contributed by atoms with E-state index in [1.807, 2.05) is 19.1 Å². The van der Waals surface area contributed by atoms with Gasteiger partial charge in [0, 0.05) is 18.6 Å². The number of hydrogen-bond donors (Lipinski definition) is 1. The zero-order chi connectivity index (χ0) is 24.1. The van der Waals surface area contributed by atoms with Gasteiger partial charge in [0.2, 0.25) is 21.8 Å². The number of aryl methyl sites for hydroxylation is 2. The van der Waals surface area contributed by atoms with Crippen molar-refractivity contribution in [2.75, 3.05) is 24.2 Å². The van der Waals surface area contributed by atoms with Crippen LogP contribution >= 0.6 is 11.6 Å². The molecule has 0 heterocycles. The molecule has 1 atom stereocenters. The van der Waals surface area contributed by atoms with Crippen LogP contribution in [-0.2, 0) is 26.2 Å². The van der Waals surface area contributed by atoms with E-state index in [4.69, 9.17) is 11.6 Å². The van der Waals surface area contributed by atoms with Crippen LogP contribution in [0.2, 0.25) is 5.02 Å². The first-order valence-corrected chi connectivity index (χ1v) is 12.5. The fourth-order valence-corrected chi connectivity index (χ4v) is 4.48. The number of halogens is 1. The summed E-state index contributed by atoms with van der Waals surface area (Å²) in [5, 5.41) is 3.15. The summed E-state index contributed by atoms with van der Waals surface area (Å²) in [6.07, 6.45) is 1.45. The zero-order valence-corrected chi connectivity index (χ0v) is 20.6. The highest BCUT2D eigenvalue weighted by Crippen LogP contribution is 2.25. The highest BCUT2D eigenvalue weighted by molar-refractivity contribution is 7.92. The topological polar surface area (TPSA) is 86.8 Å².